The van der Waals surface area contributed by atoms with Gasteiger partial charge in [-0.25, -0.2) is 4.79 Å². The highest BCUT2D eigenvalue weighted by atomic mass is 16.5. The molecule has 1 aromatic rings. The quantitative estimate of drug-likeness (QED) is 0.504. The molecule has 0 saturated carbocycles. The molecule has 1 heterocycles. The summed E-state index contributed by atoms with van der Waals surface area (Å²) < 4.78 is 4.83. The van der Waals surface area contributed by atoms with Crippen LogP contribution in [0, 0.1) is 25.2 Å². The first kappa shape index (κ1) is 14.0. The molecular formula is C14H18N2O2. The van der Waals surface area contributed by atoms with E-state index in [1.54, 1.807) is 13.0 Å². The van der Waals surface area contributed by atoms with Crippen molar-refractivity contribution in [1.82, 2.24) is 4.98 Å². The summed E-state index contributed by atoms with van der Waals surface area (Å²) in [6.45, 7) is 8.02. The lowest BCUT2D eigenvalue weighted by Gasteiger charge is -1.99. The summed E-state index contributed by atoms with van der Waals surface area (Å²) >= 11 is 0. The number of aromatic amines is 1. The van der Waals surface area contributed by atoms with E-state index in [1.165, 1.54) is 5.56 Å². The van der Waals surface area contributed by atoms with Crippen molar-refractivity contribution >= 4 is 12.0 Å². The van der Waals surface area contributed by atoms with Crippen LogP contribution in [0.4, 0.5) is 0 Å². The second-order valence-electron chi connectivity index (χ2n) is 4.01. The van der Waals surface area contributed by atoms with Crippen molar-refractivity contribution in [1.29, 1.82) is 5.26 Å². The van der Waals surface area contributed by atoms with Gasteiger partial charge in [0.1, 0.15) is 11.6 Å². The number of ether oxygens (including phenoxy) is 1. The van der Waals surface area contributed by atoms with E-state index >= 15 is 0 Å². The molecule has 0 unspecified atom stereocenters. The predicted molar refractivity (Wildman–Crippen MR) is 69.9 cm³/mol. The van der Waals surface area contributed by atoms with Crippen LogP contribution in [0.5, 0.6) is 0 Å². The van der Waals surface area contributed by atoms with Crippen LogP contribution in [-0.2, 0) is 16.0 Å². The molecule has 1 rings (SSSR count). The molecule has 0 fully saturated rings. The first-order chi connectivity index (χ1) is 8.54. The molecule has 0 aliphatic heterocycles. The number of aryl methyl sites for hydroxylation is 1. The number of carbonyl (C=O) groups is 1. The Balaban J connectivity index is 3.15. The van der Waals surface area contributed by atoms with E-state index in [9.17, 15) is 4.79 Å². The van der Waals surface area contributed by atoms with Crippen LogP contribution in [0.25, 0.3) is 6.08 Å². The molecule has 0 aliphatic carbocycles. The Morgan fingerprint density at radius 3 is 2.56 bits per heavy atom. The summed E-state index contributed by atoms with van der Waals surface area (Å²) in [5.41, 5.74) is 4.19. The lowest BCUT2D eigenvalue weighted by molar-refractivity contribution is -0.137. The minimum Gasteiger partial charge on any atom is -0.462 e. The van der Waals surface area contributed by atoms with Crippen LogP contribution in [0.2, 0.25) is 0 Å². The number of hydrogen-bond donors (Lipinski definition) is 1. The molecule has 4 nitrogen and oxygen atoms in total. The topological polar surface area (TPSA) is 65.9 Å². The molecule has 0 atom stereocenters. The Bertz CT molecular complexity index is 519. The molecule has 0 amide bonds. The van der Waals surface area contributed by atoms with Crippen LogP contribution in [0.3, 0.4) is 0 Å². The summed E-state index contributed by atoms with van der Waals surface area (Å²) in [7, 11) is 0. The van der Waals surface area contributed by atoms with Gasteiger partial charge in [0.05, 0.1) is 6.61 Å². The zero-order valence-electron chi connectivity index (χ0n) is 11.3. The molecule has 1 aromatic heterocycles. The minimum absolute atomic E-state index is 0.0175. The van der Waals surface area contributed by atoms with E-state index < -0.39 is 5.97 Å². The average molecular weight is 246 g/mol. The van der Waals surface area contributed by atoms with Crippen molar-refractivity contribution < 1.29 is 9.53 Å². The molecule has 0 radical (unpaired) electrons. The number of nitrogens with zero attached hydrogens (tertiary/aromatic N) is 1. The van der Waals surface area contributed by atoms with Gasteiger partial charge in [0, 0.05) is 11.4 Å². The number of esters is 1. The van der Waals surface area contributed by atoms with Crippen LogP contribution < -0.4 is 0 Å². The largest absolute Gasteiger partial charge is 0.462 e. The van der Waals surface area contributed by atoms with E-state index in [-0.39, 0.29) is 12.2 Å². The molecule has 96 valence electrons. The van der Waals surface area contributed by atoms with Gasteiger partial charge in [-0.3, -0.25) is 0 Å². The summed E-state index contributed by atoms with van der Waals surface area (Å²) in [5.74, 6) is -0.579. The Morgan fingerprint density at radius 1 is 1.44 bits per heavy atom. The zero-order chi connectivity index (χ0) is 13.7. The Labute approximate surface area is 107 Å². The molecule has 0 aliphatic rings. The lowest BCUT2D eigenvalue weighted by Crippen LogP contribution is -2.06. The van der Waals surface area contributed by atoms with Crippen LogP contribution in [0.15, 0.2) is 5.57 Å². The minimum atomic E-state index is -0.579. The molecule has 18 heavy (non-hydrogen) atoms. The summed E-state index contributed by atoms with van der Waals surface area (Å²) in [6, 6.07) is 1.88. The van der Waals surface area contributed by atoms with Gasteiger partial charge < -0.3 is 9.72 Å². The zero-order valence-corrected chi connectivity index (χ0v) is 11.3. The van der Waals surface area contributed by atoms with Crippen molar-refractivity contribution in [3.05, 3.63) is 28.1 Å². The second kappa shape index (κ2) is 6.06. The summed E-state index contributed by atoms with van der Waals surface area (Å²) in [5, 5.41) is 8.98. The monoisotopic (exact) mass is 246 g/mol. The van der Waals surface area contributed by atoms with Crippen molar-refractivity contribution in [2.24, 2.45) is 0 Å². The van der Waals surface area contributed by atoms with E-state index in [4.69, 9.17) is 10.00 Å². The molecule has 1 N–H and O–H groups in total. The molecule has 0 aromatic carbocycles. The van der Waals surface area contributed by atoms with E-state index in [0.29, 0.717) is 0 Å². The van der Waals surface area contributed by atoms with Crippen molar-refractivity contribution in [3.8, 4) is 6.07 Å². The van der Waals surface area contributed by atoms with Crippen molar-refractivity contribution in [3.63, 3.8) is 0 Å². The third-order valence-electron chi connectivity index (χ3n) is 2.89. The van der Waals surface area contributed by atoms with Crippen molar-refractivity contribution in [2.45, 2.75) is 34.1 Å². The van der Waals surface area contributed by atoms with Gasteiger partial charge in [-0.05, 0) is 44.4 Å². The Kier molecular flexibility index (Phi) is 4.73. The number of rotatable bonds is 4. The number of hydrogen-bond acceptors (Lipinski definition) is 3. The molecule has 0 spiro atoms. The highest BCUT2D eigenvalue weighted by molar-refractivity contribution is 5.97. The normalized spacial score (nSPS) is 11.2. The van der Waals surface area contributed by atoms with Gasteiger partial charge in [-0.2, -0.15) is 5.26 Å². The SMILES string of the molecule is CCOC(=O)/C(C#N)=C/c1[nH]c(C)c(CC)c1C. The Hall–Kier alpha value is -2.02. The van der Waals surface area contributed by atoms with Crippen molar-refractivity contribution in [2.75, 3.05) is 6.61 Å². The molecule has 0 bridgehead atoms. The first-order valence-electron chi connectivity index (χ1n) is 6.02. The number of aromatic nitrogens is 1. The molecule has 0 saturated heterocycles. The number of H-pyrrole nitrogens is 1. The third kappa shape index (κ3) is 2.80. The number of carbonyl (C=O) groups excluding carboxylic acids is 1. The van der Waals surface area contributed by atoms with Crippen LogP contribution in [0.1, 0.15) is 36.4 Å². The maximum absolute atomic E-state index is 11.5. The predicted octanol–water partition coefficient (Wildman–Crippen LogP) is 2.66. The first-order valence-corrected chi connectivity index (χ1v) is 6.02. The highest BCUT2D eigenvalue weighted by Gasteiger charge is 2.13. The maximum Gasteiger partial charge on any atom is 0.348 e. The van der Waals surface area contributed by atoms with Gasteiger partial charge in [0.15, 0.2) is 0 Å². The lowest BCUT2D eigenvalue weighted by atomic mass is 10.1. The van der Waals surface area contributed by atoms with Gasteiger partial charge in [0.2, 0.25) is 0 Å². The van der Waals surface area contributed by atoms with E-state index in [1.807, 2.05) is 19.9 Å². The van der Waals surface area contributed by atoms with Gasteiger partial charge in [-0.15, -0.1) is 0 Å². The maximum atomic E-state index is 11.5. The molecule has 4 heteroatoms. The standard InChI is InChI=1S/C14H18N2O2/c1-5-12-9(3)13(16-10(12)4)7-11(8-15)14(17)18-6-2/h7,16H,5-6H2,1-4H3/b11-7+. The number of nitrogens with one attached hydrogen (secondary N) is 1. The van der Waals surface area contributed by atoms with Gasteiger partial charge in [0.25, 0.3) is 0 Å². The summed E-state index contributed by atoms with van der Waals surface area (Å²) in [6.07, 6.45) is 2.47. The smallest absolute Gasteiger partial charge is 0.348 e. The molecular weight excluding hydrogens is 228 g/mol. The number of nitriles is 1. The fourth-order valence-electron chi connectivity index (χ4n) is 1.98. The van der Waals surface area contributed by atoms with E-state index in [2.05, 4.69) is 11.9 Å². The fraction of sp³-hybridized carbons (Fsp3) is 0.429. The highest BCUT2D eigenvalue weighted by Crippen LogP contribution is 2.20. The fourth-order valence-corrected chi connectivity index (χ4v) is 1.98. The average Bonchev–Trinajstić information content (AvgIpc) is 2.61. The second-order valence-corrected chi connectivity index (χ2v) is 4.01. The van der Waals surface area contributed by atoms with Gasteiger partial charge in [-0.1, -0.05) is 6.92 Å². The van der Waals surface area contributed by atoms with Gasteiger partial charge >= 0.3 is 5.97 Å². The Morgan fingerprint density at radius 2 is 2.11 bits per heavy atom. The third-order valence-corrected chi connectivity index (χ3v) is 2.89. The summed E-state index contributed by atoms with van der Waals surface area (Å²) in [4.78, 5) is 14.7. The van der Waals surface area contributed by atoms with E-state index in [0.717, 1.165) is 23.4 Å². The van der Waals surface area contributed by atoms with Crippen LogP contribution >= 0.6 is 0 Å². The van der Waals surface area contributed by atoms with Crippen LogP contribution in [-0.4, -0.2) is 17.6 Å².